The van der Waals surface area contributed by atoms with Crippen molar-refractivity contribution in [2.24, 2.45) is 11.8 Å². The molecule has 1 atom stereocenters. The second-order valence-electron chi connectivity index (χ2n) is 4.01. The molecule has 0 amide bonds. The zero-order valence-electron chi connectivity index (χ0n) is 6.92. The topological polar surface area (TPSA) is 32.3 Å². The lowest BCUT2D eigenvalue weighted by molar-refractivity contribution is 0.148. The van der Waals surface area contributed by atoms with Crippen LogP contribution in [0.25, 0.3) is 0 Å². The second-order valence-corrected chi connectivity index (χ2v) is 4.01. The number of hydrogen-bond donors (Lipinski definition) is 2. The highest BCUT2D eigenvalue weighted by Gasteiger charge is 2.29. The standard InChI is InChI=1S/C9H17NO/c11-9(8-3-4-8)6-10-5-7-1-2-7/h7-11H,1-6H2. The van der Waals surface area contributed by atoms with Crippen molar-refractivity contribution in [2.45, 2.75) is 31.8 Å². The third-order valence-corrected chi connectivity index (χ3v) is 2.65. The predicted octanol–water partition coefficient (Wildman–Crippen LogP) is 0.757. The summed E-state index contributed by atoms with van der Waals surface area (Å²) >= 11 is 0. The first kappa shape index (κ1) is 7.56. The highest BCUT2D eigenvalue weighted by Crippen LogP contribution is 2.32. The Bertz CT molecular complexity index is 130. The van der Waals surface area contributed by atoms with Crippen LogP contribution in [0.15, 0.2) is 0 Å². The van der Waals surface area contributed by atoms with Gasteiger partial charge in [0.05, 0.1) is 6.10 Å². The van der Waals surface area contributed by atoms with Crippen LogP contribution in [0.3, 0.4) is 0 Å². The summed E-state index contributed by atoms with van der Waals surface area (Å²) in [4.78, 5) is 0. The molecule has 0 aliphatic heterocycles. The van der Waals surface area contributed by atoms with E-state index in [4.69, 9.17) is 0 Å². The Kier molecular flexibility index (Phi) is 2.14. The fourth-order valence-corrected chi connectivity index (χ4v) is 1.40. The highest BCUT2D eigenvalue weighted by atomic mass is 16.3. The highest BCUT2D eigenvalue weighted by molar-refractivity contribution is 4.83. The van der Waals surface area contributed by atoms with Gasteiger partial charge in [0.25, 0.3) is 0 Å². The maximum absolute atomic E-state index is 9.46. The summed E-state index contributed by atoms with van der Waals surface area (Å²) in [6.07, 6.45) is 5.21. The molecule has 2 saturated carbocycles. The third kappa shape index (κ3) is 2.46. The van der Waals surface area contributed by atoms with E-state index in [-0.39, 0.29) is 6.10 Å². The van der Waals surface area contributed by atoms with E-state index in [1.54, 1.807) is 0 Å². The molecule has 0 bridgehead atoms. The molecule has 64 valence electrons. The van der Waals surface area contributed by atoms with Gasteiger partial charge in [0.15, 0.2) is 0 Å². The van der Waals surface area contributed by atoms with Crippen molar-refractivity contribution in [1.29, 1.82) is 0 Å². The lowest BCUT2D eigenvalue weighted by Crippen LogP contribution is -2.29. The zero-order valence-corrected chi connectivity index (χ0v) is 6.92. The fraction of sp³-hybridized carbons (Fsp3) is 1.00. The van der Waals surface area contributed by atoms with E-state index in [9.17, 15) is 5.11 Å². The van der Waals surface area contributed by atoms with Gasteiger partial charge in [0.2, 0.25) is 0 Å². The summed E-state index contributed by atoms with van der Waals surface area (Å²) in [7, 11) is 0. The average Bonchev–Trinajstić information content (AvgIpc) is 2.85. The molecule has 1 unspecified atom stereocenters. The summed E-state index contributed by atoms with van der Waals surface area (Å²) in [6, 6.07) is 0. The van der Waals surface area contributed by atoms with Crippen LogP contribution in [-0.2, 0) is 0 Å². The SMILES string of the molecule is OC(CNCC1CC1)C1CC1. The molecular weight excluding hydrogens is 138 g/mol. The quantitative estimate of drug-likeness (QED) is 0.614. The maximum Gasteiger partial charge on any atom is 0.0692 e. The summed E-state index contributed by atoms with van der Waals surface area (Å²) in [5.74, 6) is 1.56. The normalized spacial score (nSPS) is 27.0. The first-order valence-corrected chi connectivity index (χ1v) is 4.75. The van der Waals surface area contributed by atoms with Gasteiger partial charge >= 0.3 is 0 Å². The molecular formula is C9H17NO. The Hall–Kier alpha value is -0.0800. The molecule has 2 aliphatic rings. The van der Waals surface area contributed by atoms with E-state index in [1.165, 1.54) is 25.7 Å². The zero-order chi connectivity index (χ0) is 7.68. The van der Waals surface area contributed by atoms with Gasteiger partial charge in [-0.1, -0.05) is 0 Å². The molecule has 2 nitrogen and oxygen atoms in total. The van der Waals surface area contributed by atoms with Crippen molar-refractivity contribution in [1.82, 2.24) is 5.32 Å². The molecule has 2 N–H and O–H groups in total. The van der Waals surface area contributed by atoms with Crippen LogP contribution in [0.1, 0.15) is 25.7 Å². The Labute approximate surface area is 68.0 Å². The van der Waals surface area contributed by atoms with E-state index in [0.717, 1.165) is 19.0 Å². The number of rotatable bonds is 5. The summed E-state index contributed by atoms with van der Waals surface area (Å²) in [6.45, 7) is 1.95. The van der Waals surface area contributed by atoms with Crippen LogP contribution >= 0.6 is 0 Å². The number of aliphatic hydroxyl groups excluding tert-OH is 1. The Balaban J connectivity index is 1.50. The minimum absolute atomic E-state index is 0.0613. The van der Waals surface area contributed by atoms with Gasteiger partial charge < -0.3 is 10.4 Å². The Morgan fingerprint density at radius 3 is 2.55 bits per heavy atom. The van der Waals surface area contributed by atoms with Crippen LogP contribution in [-0.4, -0.2) is 24.3 Å². The molecule has 2 heteroatoms. The summed E-state index contributed by atoms with van der Waals surface area (Å²) < 4.78 is 0. The molecule has 0 saturated heterocycles. The molecule has 0 aromatic heterocycles. The average molecular weight is 155 g/mol. The van der Waals surface area contributed by atoms with Gasteiger partial charge in [-0.2, -0.15) is 0 Å². The molecule has 2 fully saturated rings. The molecule has 11 heavy (non-hydrogen) atoms. The van der Waals surface area contributed by atoms with Crippen LogP contribution in [0.4, 0.5) is 0 Å². The van der Waals surface area contributed by atoms with E-state index < -0.39 is 0 Å². The monoisotopic (exact) mass is 155 g/mol. The molecule has 0 aromatic carbocycles. The summed E-state index contributed by atoms with van der Waals surface area (Å²) in [5.41, 5.74) is 0. The van der Waals surface area contributed by atoms with E-state index >= 15 is 0 Å². The molecule has 0 heterocycles. The van der Waals surface area contributed by atoms with Crippen molar-refractivity contribution >= 4 is 0 Å². The van der Waals surface area contributed by atoms with E-state index in [1.807, 2.05) is 0 Å². The fourth-order valence-electron chi connectivity index (χ4n) is 1.40. The minimum atomic E-state index is -0.0613. The number of hydrogen-bond acceptors (Lipinski definition) is 2. The van der Waals surface area contributed by atoms with Gasteiger partial charge in [0, 0.05) is 6.54 Å². The van der Waals surface area contributed by atoms with Crippen LogP contribution < -0.4 is 5.32 Å². The van der Waals surface area contributed by atoms with Gasteiger partial charge in [-0.3, -0.25) is 0 Å². The van der Waals surface area contributed by atoms with Crippen LogP contribution in [0, 0.1) is 11.8 Å². The van der Waals surface area contributed by atoms with Gasteiger partial charge in [-0.05, 0) is 44.1 Å². The van der Waals surface area contributed by atoms with Crippen molar-refractivity contribution in [2.75, 3.05) is 13.1 Å². The van der Waals surface area contributed by atoms with Crippen molar-refractivity contribution in [3.8, 4) is 0 Å². The minimum Gasteiger partial charge on any atom is -0.392 e. The molecule has 2 aliphatic carbocycles. The Morgan fingerprint density at radius 1 is 1.27 bits per heavy atom. The van der Waals surface area contributed by atoms with Gasteiger partial charge in [-0.15, -0.1) is 0 Å². The van der Waals surface area contributed by atoms with Gasteiger partial charge in [0.1, 0.15) is 0 Å². The summed E-state index contributed by atoms with van der Waals surface area (Å²) in [5, 5.41) is 12.8. The van der Waals surface area contributed by atoms with Crippen molar-refractivity contribution in [3.05, 3.63) is 0 Å². The van der Waals surface area contributed by atoms with Crippen molar-refractivity contribution < 1.29 is 5.11 Å². The maximum atomic E-state index is 9.46. The van der Waals surface area contributed by atoms with Crippen LogP contribution in [0.2, 0.25) is 0 Å². The lowest BCUT2D eigenvalue weighted by atomic mass is 10.2. The van der Waals surface area contributed by atoms with E-state index in [2.05, 4.69) is 5.32 Å². The molecule has 0 radical (unpaired) electrons. The molecule has 0 spiro atoms. The largest absolute Gasteiger partial charge is 0.392 e. The first-order valence-electron chi connectivity index (χ1n) is 4.75. The number of nitrogens with one attached hydrogen (secondary N) is 1. The first-order chi connectivity index (χ1) is 5.36. The Morgan fingerprint density at radius 2 is 2.00 bits per heavy atom. The third-order valence-electron chi connectivity index (χ3n) is 2.65. The smallest absolute Gasteiger partial charge is 0.0692 e. The van der Waals surface area contributed by atoms with Crippen LogP contribution in [0.5, 0.6) is 0 Å². The van der Waals surface area contributed by atoms with E-state index in [0.29, 0.717) is 5.92 Å². The van der Waals surface area contributed by atoms with Crippen molar-refractivity contribution in [3.63, 3.8) is 0 Å². The number of aliphatic hydroxyl groups is 1. The molecule has 0 aromatic rings. The molecule has 2 rings (SSSR count). The lowest BCUT2D eigenvalue weighted by Gasteiger charge is -2.09. The predicted molar refractivity (Wildman–Crippen MR) is 44.3 cm³/mol. The van der Waals surface area contributed by atoms with Gasteiger partial charge in [-0.25, -0.2) is 0 Å². The second kappa shape index (κ2) is 3.11.